The van der Waals surface area contributed by atoms with Crippen LogP contribution in [0.3, 0.4) is 0 Å². The van der Waals surface area contributed by atoms with Gasteiger partial charge in [0.05, 0.1) is 18.3 Å². The normalized spacial score (nSPS) is 11.8. The summed E-state index contributed by atoms with van der Waals surface area (Å²) in [5.74, 6) is 0.482. The van der Waals surface area contributed by atoms with Crippen molar-refractivity contribution in [3.63, 3.8) is 0 Å². The number of aromatic nitrogens is 2. The highest BCUT2D eigenvalue weighted by molar-refractivity contribution is 8.00. The third-order valence-electron chi connectivity index (χ3n) is 4.69. The first kappa shape index (κ1) is 19.9. The summed E-state index contributed by atoms with van der Waals surface area (Å²) >= 11 is 1.41. The number of carbonyl (C=O) groups excluding carboxylic acids is 1. The summed E-state index contributed by atoms with van der Waals surface area (Å²) in [5.41, 5.74) is 3.44. The Kier molecular flexibility index (Phi) is 5.95. The van der Waals surface area contributed by atoms with Crippen LogP contribution in [0.15, 0.2) is 84.1 Å². The summed E-state index contributed by atoms with van der Waals surface area (Å²) in [6.45, 7) is 1.98. The minimum atomic E-state index is -0.491. The van der Waals surface area contributed by atoms with Crippen molar-refractivity contribution >= 4 is 34.3 Å². The van der Waals surface area contributed by atoms with Gasteiger partial charge in [0.25, 0.3) is 0 Å². The van der Waals surface area contributed by atoms with Gasteiger partial charge in [-0.25, -0.2) is 9.97 Å². The fraction of sp³-hybridized carbons (Fsp3) is 0.125. The summed E-state index contributed by atoms with van der Waals surface area (Å²) in [5, 5.41) is 4.24. The van der Waals surface area contributed by atoms with Gasteiger partial charge in [0.1, 0.15) is 22.4 Å². The second kappa shape index (κ2) is 8.97. The Balaban J connectivity index is 1.70. The summed E-state index contributed by atoms with van der Waals surface area (Å²) in [4.78, 5) is 22.2. The number of thioether (sulfide) groups is 1. The Morgan fingerprint density at radius 2 is 1.77 bits per heavy atom. The summed E-state index contributed by atoms with van der Waals surface area (Å²) in [6, 6.07) is 23.2. The minimum Gasteiger partial charge on any atom is -0.495 e. The third kappa shape index (κ3) is 4.28. The van der Waals surface area contributed by atoms with Crippen molar-refractivity contribution in [2.45, 2.75) is 17.2 Å². The molecule has 0 bridgehead atoms. The molecule has 0 radical (unpaired) electrons. The van der Waals surface area contributed by atoms with Crippen LogP contribution in [-0.2, 0) is 4.79 Å². The number of fused-ring (bicyclic) bond motifs is 1. The van der Waals surface area contributed by atoms with Crippen molar-refractivity contribution in [1.82, 2.24) is 9.97 Å². The molecule has 0 saturated carbocycles. The van der Waals surface area contributed by atoms with Gasteiger partial charge in [-0.05, 0) is 36.2 Å². The average Bonchev–Trinajstić information content (AvgIpc) is 2.78. The van der Waals surface area contributed by atoms with E-state index in [2.05, 4.69) is 15.3 Å². The van der Waals surface area contributed by atoms with E-state index in [0.29, 0.717) is 11.4 Å². The molecule has 0 aliphatic carbocycles. The second-order valence-electron chi connectivity index (χ2n) is 6.80. The molecule has 1 aromatic heterocycles. The molecule has 0 aliphatic heterocycles. The molecule has 6 heteroatoms. The first-order valence-corrected chi connectivity index (χ1v) is 10.4. The highest BCUT2D eigenvalue weighted by Crippen LogP contribution is 2.38. The fourth-order valence-corrected chi connectivity index (χ4v) is 4.29. The lowest BCUT2D eigenvalue weighted by molar-refractivity contribution is -0.115. The van der Waals surface area contributed by atoms with Crippen molar-refractivity contribution in [1.29, 1.82) is 0 Å². The fourth-order valence-electron chi connectivity index (χ4n) is 3.20. The number of hydrogen-bond acceptors (Lipinski definition) is 5. The number of benzene rings is 3. The van der Waals surface area contributed by atoms with Gasteiger partial charge in [-0.15, -0.1) is 0 Å². The second-order valence-corrected chi connectivity index (χ2v) is 7.89. The van der Waals surface area contributed by atoms with Crippen molar-refractivity contribution in [2.75, 3.05) is 12.4 Å². The predicted molar refractivity (Wildman–Crippen MR) is 121 cm³/mol. The maximum Gasteiger partial charge on any atom is 0.242 e. The zero-order valence-corrected chi connectivity index (χ0v) is 17.5. The summed E-state index contributed by atoms with van der Waals surface area (Å²) < 4.78 is 5.42. The van der Waals surface area contributed by atoms with Gasteiger partial charge in [-0.3, -0.25) is 4.79 Å². The molecule has 5 nitrogen and oxygen atoms in total. The Morgan fingerprint density at radius 3 is 2.57 bits per heavy atom. The number of ether oxygens (including phenoxy) is 1. The van der Waals surface area contributed by atoms with Gasteiger partial charge in [-0.1, -0.05) is 66.4 Å². The first-order chi connectivity index (χ1) is 14.7. The molecule has 4 rings (SSSR count). The van der Waals surface area contributed by atoms with Crippen LogP contribution in [0.5, 0.6) is 5.75 Å². The lowest BCUT2D eigenvalue weighted by Gasteiger charge is -2.18. The average molecular weight is 416 g/mol. The topological polar surface area (TPSA) is 64.1 Å². The number of aryl methyl sites for hydroxylation is 1. The molecule has 3 aromatic carbocycles. The smallest absolute Gasteiger partial charge is 0.242 e. The van der Waals surface area contributed by atoms with E-state index in [1.165, 1.54) is 18.1 Å². The van der Waals surface area contributed by atoms with Crippen LogP contribution >= 0.6 is 11.8 Å². The predicted octanol–water partition coefficient (Wildman–Crippen LogP) is 5.42. The van der Waals surface area contributed by atoms with E-state index in [1.54, 1.807) is 7.11 Å². The maximum atomic E-state index is 13.4. The SMILES string of the molecule is COc1ccc(C)cc1NC(=O)[C@H](Sc1ncnc2ccccc12)c1ccccc1. The number of nitrogens with one attached hydrogen (secondary N) is 1. The lowest BCUT2D eigenvalue weighted by Crippen LogP contribution is -2.19. The highest BCUT2D eigenvalue weighted by Gasteiger charge is 2.24. The molecule has 30 heavy (non-hydrogen) atoms. The molecule has 0 aliphatic rings. The number of carbonyl (C=O) groups is 1. The van der Waals surface area contributed by atoms with Crippen LogP contribution in [0.25, 0.3) is 10.9 Å². The van der Waals surface area contributed by atoms with Crippen LogP contribution < -0.4 is 10.1 Å². The van der Waals surface area contributed by atoms with E-state index >= 15 is 0 Å². The molecule has 1 heterocycles. The van der Waals surface area contributed by atoms with Gasteiger partial charge < -0.3 is 10.1 Å². The Labute approximate surface area is 179 Å². The first-order valence-electron chi connectivity index (χ1n) is 9.52. The molecule has 1 N–H and O–H groups in total. The van der Waals surface area contributed by atoms with Crippen molar-refractivity contribution in [3.05, 3.63) is 90.3 Å². The third-order valence-corrected chi connectivity index (χ3v) is 5.96. The Bertz CT molecular complexity index is 1180. The van der Waals surface area contributed by atoms with Crippen LogP contribution in [0, 0.1) is 6.92 Å². The quantitative estimate of drug-likeness (QED) is 0.337. The van der Waals surface area contributed by atoms with E-state index < -0.39 is 5.25 Å². The van der Waals surface area contributed by atoms with Crippen molar-refractivity contribution < 1.29 is 9.53 Å². The van der Waals surface area contributed by atoms with Crippen LogP contribution in [0.4, 0.5) is 5.69 Å². The molecule has 0 spiro atoms. The summed E-state index contributed by atoms with van der Waals surface area (Å²) in [6.07, 6.45) is 1.54. The van der Waals surface area contributed by atoms with Crippen molar-refractivity contribution in [3.8, 4) is 5.75 Å². The highest BCUT2D eigenvalue weighted by atomic mass is 32.2. The molecule has 0 unspecified atom stereocenters. The van der Waals surface area contributed by atoms with E-state index in [9.17, 15) is 4.79 Å². The molecule has 0 saturated heterocycles. The molecule has 1 atom stereocenters. The van der Waals surface area contributed by atoms with E-state index in [0.717, 1.165) is 27.1 Å². The number of rotatable bonds is 6. The number of para-hydroxylation sites is 1. The largest absolute Gasteiger partial charge is 0.495 e. The molecule has 150 valence electrons. The van der Waals surface area contributed by atoms with Crippen molar-refractivity contribution in [2.24, 2.45) is 0 Å². The van der Waals surface area contributed by atoms with Crippen LogP contribution in [0.1, 0.15) is 16.4 Å². The number of methoxy groups -OCH3 is 1. The van der Waals surface area contributed by atoms with E-state index in [4.69, 9.17) is 4.74 Å². The maximum absolute atomic E-state index is 13.4. The van der Waals surface area contributed by atoms with Gasteiger partial charge in [0.15, 0.2) is 0 Å². The standard InChI is InChI=1S/C24H21N3O2S/c1-16-12-13-21(29-2)20(14-16)27-23(28)22(17-8-4-3-5-9-17)30-24-18-10-6-7-11-19(18)25-15-26-24/h3-15,22H,1-2H3,(H,27,28)/t22-/m1/s1. The Morgan fingerprint density at radius 1 is 1.00 bits per heavy atom. The number of hydrogen-bond donors (Lipinski definition) is 1. The zero-order valence-electron chi connectivity index (χ0n) is 16.7. The Hall–Kier alpha value is -3.38. The number of nitrogens with zero attached hydrogens (tertiary/aromatic N) is 2. The van der Waals surface area contributed by atoms with E-state index in [-0.39, 0.29) is 5.91 Å². The zero-order chi connectivity index (χ0) is 20.9. The van der Waals surface area contributed by atoms with Gasteiger partial charge >= 0.3 is 0 Å². The molecular formula is C24H21N3O2S. The van der Waals surface area contributed by atoms with Gasteiger partial charge in [-0.2, -0.15) is 0 Å². The monoisotopic (exact) mass is 415 g/mol. The van der Waals surface area contributed by atoms with Crippen LogP contribution in [0.2, 0.25) is 0 Å². The molecule has 0 fully saturated rings. The molecule has 4 aromatic rings. The van der Waals surface area contributed by atoms with E-state index in [1.807, 2.05) is 79.7 Å². The summed E-state index contributed by atoms with van der Waals surface area (Å²) in [7, 11) is 1.59. The molecular weight excluding hydrogens is 394 g/mol. The minimum absolute atomic E-state index is 0.141. The number of amides is 1. The van der Waals surface area contributed by atoms with Crippen LogP contribution in [-0.4, -0.2) is 23.0 Å². The lowest BCUT2D eigenvalue weighted by atomic mass is 10.1. The van der Waals surface area contributed by atoms with Gasteiger partial charge in [0, 0.05) is 5.39 Å². The molecule has 1 amide bonds. The number of anilines is 1. The van der Waals surface area contributed by atoms with Gasteiger partial charge in [0.2, 0.25) is 5.91 Å².